The molecule has 1 heterocycles. The molecule has 0 saturated carbocycles. The topological polar surface area (TPSA) is 65.5 Å². The maximum Gasteiger partial charge on any atom is 0.376 e. The Kier molecular flexibility index (Phi) is 3.77. The average molecular weight is 211 g/mol. The van der Waals surface area contributed by atoms with E-state index in [1.807, 2.05) is 0 Å². The lowest BCUT2D eigenvalue weighted by Crippen LogP contribution is -2.07. The normalized spacial score (nSPS) is 10.7. The number of anilines is 1. The van der Waals surface area contributed by atoms with Crippen molar-refractivity contribution in [3.63, 3.8) is 0 Å². The summed E-state index contributed by atoms with van der Waals surface area (Å²) < 4.78 is 9.93. The third-order valence-corrected chi connectivity index (χ3v) is 2.00. The van der Waals surface area contributed by atoms with Crippen molar-refractivity contribution in [1.29, 1.82) is 0 Å². The highest BCUT2D eigenvalue weighted by Gasteiger charge is 2.19. The van der Waals surface area contributed by atoms with Gasteiger partial charge in [-0.15, -0.1) is 0 Å². The zero-order chi connectivity index (χ0) is 11.4. The van der Waals surface area contributed by atoms with Crippen LogP contribution in [0.25, 0.3) is 0 Å². The van der Waals surface area contributed by atoms with E-state index in [0.717, 1.165) is 12.0 Å². The van der Waals surface area contributed by atoms with E-state index in [-0.39, 0.29) is 5.76 Å². The quantitative estimate of drug-likeness (QED) is 0.775. The number of nitrogen functional groups attached to an aromatic ring is 1. The highest BCUT2D eigenvalue weighted by Crippen LogP contribution is 2.23. The van der Waals surface area contributed by atoms with Crippen LogP contribution in [0.1, 0.15) is 36.9 Å². The summed E-state index contributed by atoms with van der Waals surface area (Å²) in [6.07, 6.45) is 2.33. The van der Waals surface area contributed by atoms with Crippen molar-refractivity contribution in [2.45, 2.75) is 27.2 Å². The number of rotatable bonds is 4. The van der Waals surface area contributed by atoms with Gasteiger partial charge in [-0.25, -0.2) is 4.79 Å². The average Bonchev–Trinajstić information content (AvgIpc) is 2.48. The van der Waals surface area contributed by atoms with Crippen LogP contribution < -0.4 is 5.73 Å². The molecule has 1 rings (SSSR count). The molecule has 0 amide bonds. The molecule has 0 aromatic carbocycles. The van der Waals surface area contributed by atoms with Crippen LogP contribution in [0.15, 0.2) is 10.7 Å². The van der Waals surface area contributed by atoms with Gasteiger partial charge in [-0.3, -0.25) is 0 Å². The molecule has 2 N–H and O–H groups in total. The van der Waals surface area contributed by atoms with Crippen LogP contribution in [0.2, 0.25) is 0 Å². The minimum Gasteiger partial charge on any atom is -0.460 e. The van der Waals surface area contributed by atoms with E-state index >= 15 is 0 Å². The number of nitrogens with two attached hydrogens (primary N) is 1. The molecule has 0 aliphatic rings. The first-order valence-electron chi connectivity index (χ1n) is 5.09. The van der Waals surface area contributed by atoms with Gasteiger partial charge in [-0.1, -0.05) is 13.8 Å². The molecule has 0 bridgehead atoms. The fourth-order valence-corrected chi connectivity index (χ4v) is 1.36. The fraction of sp³-hybridized carbons (Fsp3) is 0.545. The lowest BCUT2D eigenvalue weighted by molar-refractivity contribution is 0.0492. The van der Waals surface area contributed by atoms with Crippen molar-refractivity contribution >= 4 is 11.7 Å². The molecular weight excluding hydrogens is 194 g/mol. The molecule has 4 nitrogen and oxygen atoms in total. The Balaban J connectivity index is 2.84. The van der Waals surface area contributed by atoms with E-state index in [1.165, 1.54) is 6.26 Å². The molecular formula is C11H17NO3. The minimum absolute atomic E-state index is 0.118. The number of esters is 1. The second-order valence-corrected chi connectivity index (χ2v) is 3.82. The molecule has 0 aliphatic carbocycles. The number of ether oxygens (including phenoxy) is 1. The van der Waals surface area contributed by atoms with Crippen molar-refractivity contribution in [2.75, 3.05) is 12.3 Å². The third-order valence-electron chi connectivity index (χ3n) is 2.00. The first-order valence-corrected chi connectivity index (χ1v) is 5.09. The minimum atomic E-state index is -0.495. The maximum atomic E-state index is 11.4. The highest BCUT2D eigenvalue weighted by molar-refractivity contribution is 5.92. The zero-order valence-corrected chi connectivity index (χ0v) is 9.37. The van der Waals surface area contributed by atoms with Crippen LogP contribution in [-0.4, -0.2) is 12.6 Å². The molecule has 0 fully saturated rings. The lowest BCUT2D eigenvalue weighted by Gasteiger charge is -2.02. The molecule has 15 heavy (non-hydrogen) atoms. The third kappa shape index (κ3) is 2.75. The Morgan fingerprint density at radius 3 is 2.80 bits per heavy atom. The summed E-state index contributed by atoms with van der Waals surface area (Å²) in [4.78, 5) is 11.4. The van der Waals surface area contributed by atoms with Gasteiger partial charge in [0, 0.05) is 5.56 Å². The van der Waals surface area contributed by atoms with E-state index in [1.54, 1.807) is 6.92 Å². The van der Waals surface area contributed by atoms with Crippen LogP contribution in [0.5, 0.6) is 0 Å². The van der Waals surface area contributed by atoms with Gasteiger partial charge in [0.1, 0.15) is 0 Å². The van der Waals surface area contributed by atoms with Crippen molar-refractivity contribution < 1.29 is 13.9 Å². The maximum absolute atomic E-state index is 11.4. The predicted molar refractivity (Wildman–Crippen MR) is 57.6 cm³/mol. The van der Waals surface area contributed by atoms with Crippen LogP contribution >= 0.6 is 0 Å². The van der Waals surface area contributed by atoms with Crippen molar-refractivity contribution in [3.05, 3.63) is 17.6 Å². The molecule has 0 unspecified atom stereocenters. The first-order chi connectivity index (χ1) is 7.06. The van der Waals surface area contributed by atoms with Crippen LogP contribution in [0.4, 0.5) is 5.69 Å². The Morgan fingerprint density at radius 1 is 1.60 bits per heavy atom. The van der Waals surface area contributed by atoms with Gasteiger partial charge in [0.2, 0.25) is 5.76 Å². The smallest absolute Gasteiger partial charge is 0.376 e. The van der Waals surface area contributed by atoms with Gasteiger partial charge < -0.3 is 14.9 Å². The number of furan rings is 1. The molecule has 0 spiro atoms. The molecule has 1 aromatic heterocycles. The summed E-state index contributed by atoms with van der Waals surface area (Å²) in [5, 5.41) is 0. The Hall–Kier alpha value is -1.45. The first kappa shape index (κ1) is 11.6. The number of carbonyl (C=O) groups is 1. The molecule has 0 atom stereocenters. The Labute approximate surface area is 89.4 Å². The molecule has 0 radical (unpaired) electrons. The van der Waals surface area contributed by atoms with Crippen molar-refractivity contribution in [3.8, 4) is 0 Å². The molecule has 0 aliphatic heterocycles. The Morgan fingerprint density at radius 2 is 2.27 bits per heavy atom. The molecule has 1 aromatic rings. The fourth-order valence-electron chi connectivity index (χ4n) is 1.36. The van der Waals surface area contributed by atoms with E-state index in [4.69, 9.17) is 14.9 Å². The largest absolute Gasteiger partial charge is 0.460 e. The van der Waals surface area contributed by atoms with E-state index in [2.05, 4.69) is 13.8 Å². The SMILES string of the molecule is CCOC(=O)c1occ(CC(C)C)c1N. The van der Waals surface area contributed by atoms with Crippen LogP contribution in [-0.2, 0) is 11.2 Å². The summed E-state index contributed by atoms with van der Waals surface area (Å²) in [6.45, 7) is 6.22. The summed E-state index contributed by atoms with van der Waals surface area (Å²) in [5.74, 6) is 0.0949. The van der Waals surface area contributed by atoms with E-state index in [9.17, 15) is 4.79 Å². The second-order valence-electron chi connectivity index (χ2n) is 3.82. The summed E-state index contributed by atoms with van der Waals surface area (Å²) in [7, 11) is 0. The van der Waals surface area contributed by atoms with Gasteiger partial charge in [-0.05, 0) is 19.3 Å². The summed E-state index contributed by atoms with van der Waals surface area (Å²) in [6, 6.07) is 0. The predicted octanol–water partition coefficient (Wildman–Crippen LogP) is 2.24. The molecule has 4 heteroatoms. The van der Waals surface area contributed by atoms with Gasteiger partial charge in [0.25, 0.3) is 0 Å². The Bertz CT molecular complexity index is 342. The van der Waals surface area contributed by atoms with Gasteiger partial charge >= 0.3 is 5.97 Å². The van der Waals surface area contributed by atoms with Crippen molar-refractivity contribution in [1.82, 2.24) is 0 Å². The standard InChI is InChI=1S/C11H17NO3/c1-4-14-11(13)10-9(12)8(6-15-10)5-7(2)3/h6-7H,4-5,12H2,1-3H3. The molecule has 0 saturated heterocycles. The number of hydrogen-bond acceptors (Lipinski definition) is 4. The van der Waals surface area contributed by atoms with E-state index < -0.39 is 5.97 Å². The number of hydrogen-bond donors (Lipinski definition) is 1. The number of carbonyl (C=O) groups excluding carboxylic acids is 1. The monoisotopic (exact) mass is 211 g/mol. The van der Waals surface area contributed by atoms with Crippen LogP contribution in [0, 0.1) is 5.92 Å². The van der Waals surface area contributed by atoms with Crippen molar-refractivity contribution in [2.24, 2.45) is 5.92 Å². The highest BCUT2D eigenvalue weighted by atomic mass is 16.5. The molecule has 84 valence electrons. The summed E-state index contributed by atoms with van der Waals surface area (Å²) in [5.41, 5.74) is 7.06. The van der Waals surface area contributed by atoms with Gasteiger partial charge in [-0.2, -0.15) is 0 Å². The summed E-state index contributed by atoms with van der Waals surface area (Å²) >= 11 is 0. The van der Waals surface area contributed by atoms with Crippen LogP contribution in [0.3, 0.4) is 0 Å². The van der Waals surface area contributed by atoms with E-state index in [0.29, 0.717) is 18.2 Å². The lowest BCUT2D eigenvalue weighted by atomic mass is 10.0. The van der Waals surface area contributed by atoms with Gasteiger partial charge in [0.15, 0.2) is 0 Å². The zero-order valence-electron chi connectivity index (χ0n) is 9.37. The van der Waals surface area contributed by atoms with Gasteiger partial charge in [0.05, 0.1) is 18.6 Å². The second kappa shape index (κ2) is 4.87.